The molecule has 1 aliphatic carbocycles. The lowest BCUT2D eigenvalue weighted by Crippen LogP contribution is -2.51. The van der Waals surface area contributed by atoms with E-state index in [1.807, 2.05) is 18.7 Å². The maximum atomic E-state index is 12.2. The molecule has 1 rings (SSSR count). The summed E-state index contributed by atoms with van der Waals surface area (Å²) in [4.78, 5) is 12.2. The molecule has 0 aromatic carbocycles. The number of likely N-dealkylation sites (N-methyl/N-ethyl adjacent to an activating group) is 1. The summed E-state index contributed by atoms with van der Waals surface area (Å²) >= 11 is 2.04. The van der Waals surface area contributed by atoms with E-state index in [1.54, 1.807) is 0 Å². The third kappa shape index (κ3) is 4.99. The first-order valence-electron chi connectivity index (χ1n) is 7.72. The van der Waals surface area contributed by atoms with Gasteiger partial charge in [-0.1, -0.05) is 26.7 Å². The van der Waals surface area contributed by atoms with E-state index in [2.05, 4.69) is 19.2 Å². The smallest absolute Gasteiger partial charge is 0.326 e. The highest BCUT2D eigenvalue weighted by Crippen LogP contribution is 2.38. The lowest BCUT2D eigenvalue weighted by atomic mass is 9.98. The van der Waals surface area contributed by atoms with Crippen LogP contribution in [0.15, 0.2) is 0 Å². The van der Waals surface area contributed by atoms with Crippen LogP contribution in [0.2, 0.25) is 0 Å². The number of ether oxygens (including phenoxy) is 1. The van der Waals surface area contributed by atoms with Crippen molar-refractivity contribution in [3.63, 3.8) is 0 Å². The van der Waals surface area contributed by atoms with Crippen molar-refractivity contribution in [2.75, 3.05) is 18.9 Å². The first kappa shape index (κ1) is 16.8. The zero-order chi connectivity index (χ0) is 14.1. The molecule has 0 radical (unpaired) electrons. The van der Waals surface area contributed by atoms with E-state index in [1.165, 1.54) is 25.0 Å². The molecular weight excluding hydrogens is 258 g/mol. The fraction of sp³-hybridized carbons (Fsp3) is 0.933. The van der Waals surface area contributed by atoms with E-state index in [9.17, 15) is 4.79 Å². The van der Waals surface area contributed by atoms with E-state index >= 15 is 0 Å². The van der Waals surface area contributed by atoms with Crippen LogP contribution in [0.3, 0.4) is 0 Å². The van der Waals surface area contributed by atoms with Crippen molar-refractivity contribution in [2.45, 2.75) is 70.1 Å². The Hall–Kier alpha value is -0.220. The number of hydrogen-bond donors (Lipinski definition) is 1. The number of unbranched alkanes of at least 4 members (excludes halogenated alkanes) is 2. The Morgan fingerprint density at radius 1 is 1.37 bits per heavy atom. The van der Waals surface area contributed by atoms with Gasteiger partial charge in [-0.25, -0.2) is 0 Å². The number of esters is 1. The number of rotatable bonds is 9. The molecular formula is C15H29NO2S. The van der Waals surface area contributed by atoms with Crippen molar-refractivity contribution in [1.82, 2.24) is 5.32 Å². The standard InChI is InChI=1S/C15H29NO2S/c1-4-7-8-11-19-13-9-10-15(12-13,16-5-2)14(17)18-6-3/h13,16H,4-12H2,1-3H3. The Labute approximate surface area is 122 Å². The topological polar surface area (TPSA) is 38.3 Å². The quantitative estimate of drug-likeness (QED) is 0.521. The molecule has 0 amide bonds. The fourth-order valence-corrected chi connectivity index (χ4v) is 4.16. The van der Waals surface area contributed by atoms with Crippen LogP contribution in [0.5, 0.6) is 0 Å². The van der Waals surface area contributed by atoms with Crippen molar-refractivity contribution < 1.29 is 9.53 Å². The molecule has 0 heterocycles. The van der Waals surface area contributed by atoms with E-state index in [4.69, 9.17) is 4.74 Å². The molecule has 2 atom stereocenters. The molecule has 19 heavy (non-hydrogen) atoms. The molecule has 1 fully saturated rings. The normalized spacial score (nSPS) is 26.6. The Kier molecular flexibility index (Phi) is 7.84. The minimum absolute atomic E-state index is 0.0477. The number of hydrogen-bond acceptors (Lipinski definition) is 4. The molecule has 1 aliphatic rings. The van der Waals surface area contributed by atoms with Crippen molar-refractivity contribution in [3.05, 3.63) is 0 Å². The molecule has 0 saturated heterocycles. The summed E-state index contributed by atoms with van der Waals surface area (Å²) in [5.74, 6) is 1.18. The van der Waals surface area contributed by atoms with E-state index in [0.29, 0.717) is 11.9 Å². The van der Waals surface area contributed by atoms with Crippen LogP contribution >= 0.6 is 11.8 Å². The molecule has 3 nitrogen and oxygen atoms in total. The van der Waals surface area contributed by atoms with Crippen LogP contribution in [0, 0.1) is 0 Å². The van der Waals surface area contributed by atoms with E-state index < -0.39 is 5.54 Å². The van der Waals surface area contributed by atoms with Gasteiger partial charge in [0.15, 0.2) is 0 Å². The predicted octanol–water partition coefficient (Wildman–Crippen LogP) is 3.37. The largest absolute Gasteiger partial charge is 0.465 e. The van der Waals surface area contributed by atoms with Crippen LogP contribution < -0.4 is 5.32 Å². The van der Waals surface area contributed by atoms with Gasteiger partial charge in [-0.05, 0) is 44.9 Å². The van der Waals surface area contributed by atoms with Gasteiger partial charge >= 0.3 is 5.97 Å². The summed E-state index contributed by atoms with van der Waals surface area (Å²) in [6, 6.07) is 0. The van der Waals surface area contributed by atoms with E-state index in [-0.39, 0.29) is 5.97 Å². The van der Waals surface area contributed by atoms with Crippen molar-refractivity contribution >= 4 is 17.7 Å². The van der Waals surface area contributed by atoms with Crippen LogP contribution in [0.25, 0.3) is 0 Å². The summed E-state index contributed by atoms with van der Waals surface area (Å²) in [6.07, 6.45) is 6.86. The molecule has 112 valence electrons. The maximum absolute atomic E-state index is 12.2. The van der Waals surface area contributed by atoms with Gasteiger partial charge in [-0.2, -0.15) is 11.8 Å². The van der Waals surface area contributed by atoms with Crippen molar-refractivity contribution in [3.8, 4) is 0 Å². The third-order valence-corrected chi connectivity index (χ3v) is 5.15. The monoisotopic (exact) mass is 287 g/mol. The van der Waals surface area contributed by atoms with Gasteiger partial charge in [-0.3, -0.25) is 4.79 Å². The SMILES string of the molecule is CCCCCSC1CCC(NCC)(C(=O)OCC)C1. The molecule has 1 N–H and O–H groups in total. The number of thioether (sulfide) groups is 1. The summed E-state index contributed by atoms with van der Waals surface area (Å²) in [6.45, 7) is 7.47. The molecule has 2 unspecified atom stereocenters. The second-order valence-electron chi connectivity index (χ2n) is 5.28. The van der Waals surface area contributed by atoms with Gasteiger partial charge in [-0.15, -0.1) is 0 Å². The Morgan fingerprint density at radius 2 is 2.16 bits per heavy atom. The zero-order valence-corrected chi connectivity index (χ0v) is 13.5. The first-order chi connectivity index (χ1) is 9.18. The summed E-state index contributed by atoms with van der Waals surface area (Å²) < 4.78 is 5.26. The summed E-state index contributed by atoms with van der Waals surface area (Å²) in [5.41, 5.74) is -0.410. The molecule has 1 saturated carbocycles. The van der Waals surface area contributed by atoms with Gasteiger partial charge in [0.05, 0.1) is 6.61 Å². The van der Waals surface area contributed by atoms with Crippen molar-refractivity contribution in [2.24, 2.45) is 0 Å². The van der Waals surface area contributed by atoms with Crippen LogP contribution in [0.1, 0.15) is 59.3 Å². The first-order valence-corrected chi connectivity index (χ1v) is 8.77. The minimum Gasteiger partial charge on any atom is -0.465 e. The highest BCUT2D eigenvalue weighted by atomic mass is 32.2. The second-order valence-corrected chi connectivity index (χ2v) is 6.68. The van der Waals surface area contributed by atoms with Gasteiger partial charge in [0.2, 0.25) is 0 Å². The number of carbonyl (C=O) groups excluding carboxylic acids is 1. The summed E-state index contributed by atoms with van der Waals surface area (Å²) in [5, 5.41) is 4.00. The molecule has 4 heteroatoms. The average Bonchev–Trinajstić information content (AvgIpc) is 2.80. The molecule has 0 aromatic heterocycles. The van der Waals surface area contributed by atoms with Crippen LogP contribution in [0.4, 0.5) is 0 Å². The average molecular weight is 287 g/mol. The van der Waals surface area contributed by atoms with Crippen LogP contribution in [-0.2, 0) is 9.53 Å². The van der Waals surface area contributed by atoms with Crippen molar-refractivity contribution in [1.29, 1.82) is 0 Å². The number of carbonyl (C=O) groups is 1. The highest BCUT2D eigenvalue weighted by molar-refractivity contribution is 7.99. The van der Waals surface area contributed by atoms with E-state index in [0.717, 1.165) is 25.8 Å². The Bertz CT molecular complexity index is 273. The maximum Gasteiger partial charge on any atom is 0.326 e. The fourth-order valence-electron chi connectivity index (χ4n) is 2.77. The predicted molar refractivity (Wildman–Crippen MR) is 82.7 cm³/mol. The second kappa shape index (κ2) is 8.85. The molecule has 0 aromatic rings. The Balaban J connectivity index is 2.45. The number of nitrogens with one attached hydrogen (secondary N) is 1. The lowest BCUT2D eigenvalue weighted by Gasteiger charge is -2.27. The third-order valence-electron chi connectivity index (χ3n) is 3.75. The molecule has 0 spiro atoms. The molecule has 0 aliphatic heterocycles. The highest BCUT2D eigenvalue weighted by Gasteiger charge is 2.45. The summed E-state index contributed by atoms with van der Waals surface area (Å²) in [7, 11) is 0. The minimum atomic E-state index is -0.410. The van der Waals surface area contributed by atoms with Gasteiger partial charge < -0.3 is 10.1 Å². The Morgan fingerprint density at radius 3 is 2.79 bits per heavy atom. The van der Waals surface area contributed by atoms with Gasteiger partial charge in [0.25, 0.3) is 0 Å². The molecule has 0 bridgehead atoms. The van der Waals surface area contributed by atoms with Gasteiger partial charge in [0, 0.05) is 5.25 Å². The van der Waals surface area contributed by atoms with Gasteiger partial charge in [0.1, 0.15) is 5.54 Å². The zero-order valence-electron chi connectivity index (χ0n) is 12.7. The lowest BCUT2D eigenvalue weighted by molar-refractivity contribution is -0.151. The van der Waals surface area contributed by atoms with Crippen LogP contribution in [-0.4, -0.2) is 35.7 Å².